The first-order valence-electron chi connectivity index (χ1n) is 9.80. The van der Waals surface area contributed by atoms with Crippen molar-refractivity contribution in [2.24, 2.45) is 10.4 Å². The smallest absolute Gasteiger partial charge is 0.190 e. The van der Waals surface area contributed by atoms with Crippen molar-refractivity contribution < 1.29 is 9.84 Å². The summed E-state index contributed by atoms with van der Waals surface area (Å²) in [5, 5.41) is 16.1. The van der Waals surface area contributed by atoms with E-state index in [-0.39, 0.29) is 36.0 Å². The van der Waals surface area contributed by atoms with E-state index < -0.39 is 0 Å². The summed E-state index contributed by atoms with van der Waals surface area (Å²) in [6.45, 7) is 7.80. The quantitative estimate of drug-likeness (QED) is 0.216. The zero-order valence-electron chi connectivity index (χ0n) is 17.0. The maximum absolute atomic E-state index is 9.31. The molecule has 1 aliphatic rings. The van der Waals surface area contributed by atoms with Crippen molar-refractivity contribution in [3.05, 3.63) is 35.4 Å². The van der Waals surface area contributed by atoms with Crippen molar-refractivity contribution in [2.45, 2.75) is 45.4 Å². The van der Waals surface area contributed by atoms with E-state index in [1.165, 1.54) is 11.1 Å². The highest BCUT2D eigenvalue weighted by Crippen LogP contribution is 2.31. The molecule has 0 bridgehead atoms. The van der Waals surface area contributed by atoms with Gasteiger partial charge in [0.15, 0.2) is 5.96 Å². The van der Waals surface area contributed by atoms with E-state index in [2.05, 4.69) is 53.7 Å². The Kier molecular flexibility index (Phi) is 11.3. The fourth-order valence-corrected chi connectivity index (χ4v) is 3.37. The van der Waals surface area contributed by atoms with Crippen LogP contribution in [0.2, 0.25) is 0 Å². The molecule has 1 aromatic carbocycles. The molecule has 1 fully saturated rings. The largest absolute Gasteiger partial charge is 0.396 e. The molecule has 3 N–H and O–H groups in total. The van der Waals surface area contributed by atoms with E-state index >= 15 is 0 Å². The summed E-state index contributed by atoms with van der Waals surface area (Å²) in [6.07, 6.45) is 3.88. The molecule has 1 aliphatic heterocycles. The maximum atomic E-state index is 9.31. The topological polar surface area (TPSA) is 65.9 Å². The first-order chi connectivity index (χ1) is 12.6. The number of guanidine groups is 1. The van der Waals surface area contributed by atoms with Crippen molar-refractivity contribution >= 4 is 29.9 Å². The van der Waals surface area contributed by atoms with Crippen LogP contribution >= 0.6 is 24.0 Å². The molecule has 1 unspecified atom stereocenters. The van der Waals surface area contributed by atoms with Gasteiger partial charge < -0.3 is 20.5 Å². The molecule has 2 rings (SSSR count). The second kappa shape index (κ2) is 12.6. The lowest BCUT2D eigenvalue weighted by atomic mass is 9.84. The lowest BCUT2D eigenvalue weighted by Gasteiger charge is -2.27. The monoisotopic (exact) mass is 489 g/mol. The van der Waals surface area contributed by atoms with Gasteiger partial charge in [0.05, 0.1) is 6.61 Å². The van der Waals surface area contributed by atoms with Crippen LogP contribution in [0.4, 0.5) is 0 Å². The predicted octanol–water partition coefficient (Wildman–Crippen LogP) is 3.31. The van der Waals surface area contributed by atoms with Crippen molar-refractivity contribution in [1.29, 1.82) is 0 Å². The Balaban J connectivity index is 0.00000364. The zero-order valence-corrected chi connectivity index (χ0v) is 19.3. The molecule has 0 aliphatic carbocycles. The number of ether oxygens (including phenoxy) is 1. The van der Waals surface area contributed by atoms with E-state index in [1.54, 1.807) is 7.05 Å². The van der Waals surface area contributed by atoms with Gasteiger partial charge in [0.1, 0.15) is 0 Å². The molecule has 1 aromatic rings. The van der Waals surface area contributed by atoms with Crippen molar-refractivity contribution in [2.75, 3.05) is 40.0 Å². The van der Waals surface area contributed by atoms with Crippen LogP contribution < -0.4 is 10.6 Å². The fourth-order valence-electron chi connectivity index (χ4n) is 3.37. The molecule has 0 radical (unpaired) electrons. The third-order valence-corrected chi connectivity index (χ3v) is 5.26. The lowest BCUT2D eigenvalue weighted by Crippen LogP contribution is -2.44. The van der Waals surface area contributed by atoms with Gasteiger partial charge in [0.2, 0.25) is 0 Å². The molecule has 0 spiro atoms. The molecule has 1 atom stereocenters. The molecule has 0 aromatic heterocycles. The Bertz CT molecular complexity index is 555. The summed E-state index contributed by atoms with van der Waals surface area (Å²) in [5.41, 5.74) is 2.80. The summed E-state index contributed by atoms with van der Waals surface area (Å²) < 4.78 is 5.54. The second-order valence-electron chi connectivity index (χ2n) is 7.63. The Morgan fingerprint density at radius 3 is 2.56 bits per heavy atom. The van der Waals surface area contributed by atoms with Crippen LogP contribution in [-0.2, 0) is 11.2 Å². The van der Waals surface area contributed by atoms with Crippen molar-refractivity contribution in [3.63, 3.8) is 0 Å². The van der Waals surface area contributed by atoms with E-state index in [4.69, 9.17) is 4.74 Å². The second-order valence-corrected chi connectivity index (χ2v) is 7.63. The number of aryl methyl sites for hydroxylation is 1. The molecular weight excluding hydrogens is 453 g/mol. The Morgan fingerprint density at radius 2 is 2.00 bits per heavy atom. The SMILES string of the molecule is CN=C(NCCCc1ccc(C(C)C)cc1)NCC1(CCO)CCOC1.I. The molecule has 27 heavy (non-hydrogen) atoms. The number of rotatable bonds is 9. The van der Waals surface area contributed by atoms with Crippen LogP contribution in [0.15, 0.2) is 29.3 Å². The van der Waals surface area contributed by atoms with Crippen LogP contribution in [0.3, 0.4) is 0 Å². The summed E-state index contributed by atoms with van der Waals surface area (Å²) in [6, 6.07) is 8.94. The summed E-state index contributed by atoms with van der Waals surface area (Å²) >= 11 is 0. The Morgan fingerprint density at radius 1 is 1.26 bits per heavy atom. The lowest BCUT2D eigenvalue weighted by molar-refractivity contribution is 0.127. The highest BCUT2D eigenvalue weighted by molar-refractivity contribution is 14.0. The highest BCUT2D eigenvalue weighted by Gasteiger charge is 2.34. The Hall–Kier alpha value is -0.860. The van der Waals surface area contributed by atoms with Gasteiger partial charge in [0, 0.05) is 38.8 Å². The van der Waals surface area contributed by atoms with Gasteiger partial charge in [-0.1, -0.05) is 38.1 Å². The summed E-state index contributed by atoms with van der Waals surface area (Å²) in [7, 11) is 1.80. The first kappa shape index (κ1) is 24.2. The van der Waals surface area contributed by atoms with Gasteiger partial charge in [-0.15, -0.1) is 24.0 Å². The molecule has 1 saturated heterocycles. The molecule has 0 amide bonds. The maximum Gasteiger partial charge on any atom is 0.190 e. The molecule has 1 heterocycles. The van der Waals surface area contributed by atoms with Gasteiger partial charge in [0.25, 0.3) is 0 Å². The van der Waals surface area contributed by atoms with Crippen LogP contribution in [0, 0.1) is 5.41 Å². The third kappa shape index (κ3) is 7.95. The number of aliphatic hydroxyl groups is 1. The van der Waals surface area contributed by atoms with Gasteiger partial charge in [-0.05, 0) is 42.7 Å². The van der Waals surface area contributed by atoms with E-state index in [9.17, 15) is 5.11 Å². The van der Waals surface area contributed by atoms with Gasteiger partial charge in [-0.2, -0.15) is 0 Å². The number of hydrogen-bond donors (Lipinski definition) is 3. The number of aliphatic imine (C=N–C) groups is 1. The van der Waals surface area contributed by atoms with E-state index in [0.29, 0.717) is 12.5 Å². The molecule has 154 valence electrons. The van der Waals surface area contributed by atoms with Gasteiger partial charge >= 0.3 is 0 Å². The van der Waals surface area contributed by atoms with Crippen LogP contribution in [-0.4, -0.2) is 51.0 Å². The van der Waals surface area contributed by atoms with Crippen LogP contribution in [0.5, 0.6) is 0 Å². The number of aliphatic hydroxyl groups excluding tert-OH is 1. The van der Waals surface area contributed by atoms with E-state index in [0.717, 1.165) is 51.3 Å². The summed E-state index contributed by atoms with van der Waals surface area (Å²) in [4.78, 5) is 4.31. The van der Waals surface area contributed by atoms with Crippen LogP contribution in [0.1, 0.15) is 50.2 Å². The third-order valence-electron chi connectivity index (χ3n) is 5.26. The van der Waals surface area contributed by atoms with Gasteiger partial charge in [-0.3, -0.25) is 4.99 Å². The number of benzene rings is 1. The average Bonchev–Trinajstić information content (AvgIpc) is 3.10. The molecule has 6 heteroatoms. The average molecular weight is 489 g/mol. The first-order valence-corrected chi connectivity index (χ1v) is 9.80. The molecule has 5 nitrogen and oxygen atoms in total. The fraction of sp³-hybridized carbons (Fsp3) is 0.667. The van der Waals surface area contributed by atoms with Crippen molar-refractivity contribution in [1.82, 2.24) is 10.6 Å². The standard InChI is InChI=1S/C21H35N3O2.HI/c1-17(2)19-8-6-18(7-9-19)5-4-12-23-20(22-3)24-15-21(10-13-25)11-14-26-16-21;/h6-9,17,25H,4-5,10-16H2,1-3H3,(H2,22,23,24);1H. The number of hydrogen-bond acceptors (Lipinski definition) is 3. The van der Waals surface area contributed by atoms with E-state index in [1.807, 2.05) is 0 Å². The molecular formula is C21H36IN3O2. The zero-order chi connectivity index (χ0) is 18.8. The highest BCUT2D eigenvalue weighted by atomic mass is 127. The number of halogens is 1. The normalized spacial score (nSPS) is 19.8. The summed E-state index contributed by atoms with van der Waals surface area (Å²) in [5.74, 6) is 1.41. The minimum Gasteiger partial charge on any atom is -0.396 e. The number of nitrogens with one attached hydrogen (secondary N) is 2. The predicted molar refractivity (Wildman–Crippen MR) is 123 cm³/mol. The number of nitrogens with zero attached hydrogens (tertiary/aromatic N) is 1. The minimum atomic E-state index is 0. The van der Waals surface area contributed by atoms with Crippen molar-refractivity contribution in [3.8, 4) is 0 Å². The molecule has 0 saturated carbocycles. The Labute approximate surface area is 181 Å². The van der Waals surface area contributed by atoms with Crippen LogP contribution in [0.25, 0.3) is 0 Å². The van der Waals surface area contributed by atoms with Gasteiger partial charge in [-0.25, -0.2) is 0 Å². The minimum absolute atomic E-state index is 0.